The standard InChI is InChI=1S/C8H13N4O2/c1-9-4-5-10-8-3-2-7(6-11-8)12(13)14/h2-3,6,9,12H,4-5H2,1H3,(H,10,11)/q-1. The van der Waals surface area contributed by atoms with Crippen LogP contribution in [0.4, 0.5) is 11.5 Å². The Labute approximate surface area is 82.1 Å². The summed E-state index contributed by atoms with van der Waals surface area (Å²) in [4.78, 5) is 3.91. The fourth-order valence-electron chi connectivity index (χ4n) is 0.935. The normalized spacial score (nSPS) is 10.6. The van der Waals surface area contributed by atoms with Gasteiger partial charge in [0.1, 0.15) is 11.5 Å². The second-order valence-corrected chi connectivity index (χ2v) is 2.75. The van der Waals surface area contributed by atoms with Crippen molar-refractivity contribution in [3.8, 4) is 0 Å². The van der Waals surface area contributed by atoms with Gasteiger partial charge in [-0.25, -0.2) is 4.98 Å². The summed E-state index contributed by atoms with van der Waals surface area (Å²) in [5.41, 5.74) is 0.0872. The van der Waals surface area contributed by atoms with Gasteiger partial charge in [0.2, 0.25) is 0 Å². The Hall–Kier alpha value is -1.21. The van der Waals surface area contributed by atoms with E-state index in [1.54, 1.807) is 6.07 Å². The second kappa shape index (κ2) is 5.51. The molecule has 0 unspecified atom stereocenters. The zero-order chi connectivity index (χ0) is 10.4. The van der Waals surface area contributed by atoms with E-state index in [-0.39, 0.29) is 5.69 Å². The second-order valence-electron chi connectivity index (χ2n) is 2.75. The third kappa shape index (κ3) is 3.27. The predicted octanol–water partition coefficient (Wildman–Crippen LogP) is -0.775. The summed E-state index contributed by atoms with van der Waals surface area (Å²) in [7, 11) is 1.86. The van der Waals surface area contributed by atoms with Crippen LogP contribution < -0.4 is 15.9 Å². The molecule has 1 rings (SSSR count). The third-order valence-electron chi connectivity index (χ3n) is 1.68. The Bertz CT molecular complexity index is 263. The first-order valence-corrected chi connectivity index (χ1v) is 4.30. The topological polar surface area (TPSA) is 87.5 Å². The van der Waals surface area contributed by atoms with Crippen LogP contribution in [0.5, 0.6) is 0 Å². The average molecular weight is 197 g/mol. The van der Waals surface area contributed by atoms with Gasteiger partial charge in [-0.15, -0.1) is 0 Å². The third-order valence-corrected chi connectivity index (χ3v) is 1.68. The molecule has 0 aliphatic heterocycles. The Morgan fingerprint density at radius 3 is 2.64 bits per heavy atom. The zero-order valence-electron chi connectivity index (χ0n) is 7.91. The van der Waals surface area contributed by atoms with E-state index in [0.717, 1.165) is 13.1 Å². The van der Waals surface area contributed by atoms with Crippen LogP contribution in [0.3, 0.4) is 0 Å². The molecule has 1 heterocycles. The van der Waals surface area contributed by atoms with Crippen molar-refractivity contribution in [2.24, 2.45) is 0 Å². The molecule has 0 radical (unpaired) electrons. The maximum absolute atomic E-state index is 10.4. The van der Waals surface area contributed by atoms with Crippen LogP contribution in [0, 0.1) is 10.4 Å². The van der Waals surface area contributed by atoms with Crippen LogP contribution in [0.1, 0.15) is 0 Å². The van der Waals surface area contributed by atoms with Gasteiger partial charge >= 0.3 is 0 Å². The fourth-order valence-corrected chi connectivity index (χ4v) is 0.935. The molecule has 0 fully saturated rings. The summed E-state index contributed by atoms with van der Waals surface area (Å²) in [5.74, 6) is 0.658. The molecule has 0 bridgehead atoms. The lowest BCUT2D eigenvalue weighted by Gasteiger charge is -2.24. The van der Waals surface area contributed by atoms with E-state index in [9.17, 15) is 10.4 Å². The van der Waals surface area contributed by atoms with E-state index in [2.05, 4.69) is 15.6 Å². The van der Waals surface area contributed by atoms with Gasteiger partial charge in [0.05, 0.1) is 6.20 Å². The lowest BCUT2D eigenvalue weighted by Crippen LogP contribution is -2.96. The van der Waals surface area contributed by atoms with Gasteiger partial charge in [-0.2, -0.15) is 0 Å². The number of nitrogens with one attached hydrogen (secondary N) is 3. The van der Waals surface area contributed by atoms with Gasteiger partial charge in [0.15, 0.2) is 0 Å². The number of rotatable bonds is 5. The minimum Gasteiger partial charge on any atom is -0.628 e. The van der Waals surface area contributed by atoms with Gasteiger partial charge in [-0.05, 0) is 13.1 Å². The summed E-state index contributed by atoms with van der Waals surface area (Å²) < 4.78 is 0. The molecular weight excluding hydrogens is 184 g/mol. The number of hydrogen-bond donors (Lipinski definition) is 3. The number of pyridine rings is 1. The maximum atomic E-state index is 10.4. The molecule has 0 amide bonds. The van der Waals surface area contributed by atoms with E-state index in [1.165, 1.54) is 12.3 Å². The van der Waals surface area contributed by atoms with Crippen molar-refractivity contribution >= 4 is 11.5 Å². The van der Waals surface area contributed by atoms with E-state index >= 15 is 0 Å². The summed E-state index contributed by atoms with van der Waals surface area (Å²) in [6, 6.07) is 3.07. The molecule has 0 aromatic carbocycles. The molecule has 6 heteroatoms. The Morgan fingerprint density at radius 2 is 2.14 bits per heavy atom. The van der Waals surface area contributed by atoms with Gasteiger partial charge in [0, 0.05) is 19.2 Å². The predicted molar refractivity (Wildman–Crippen MR) is 54.0 cm³/mol. The van der Waals surface area contributed by atoms with Gasteiger partial charge in [-0.3, -0.25) is 0 Å². The first-order valence-electron chi connectivity index (χ1n) is 4.30. The monoisotopic (exact) mass is 197 g/mol. The first kappa shape index (κ1) is 10.9. The number of anilines is 1. The van der Waals surface area contributed by atoms with Crippen LogP contribution in [0.15, 0.2) is 18.3 Å². The van der Waals surface area contributed by atoms with Gasteiger partial charge in [0.25, 0.3) is 0 Å². The number of aromatic nitrogens is 1. The smallest absolute Gasteiger partial charge is 0.149 e. The number of hydrogen-bond acceptors (Lipinski definition) is 5. The molecule has 0 saturated carbocycles. The highest BCUT2D eigenvalue weighted by atomic mass is 16.8. The number of nitrogens with zero attached hydrogens (tertiary/aromatic N) is 1. The van der Waals surface area contributed by atoms with Crippen LogP contribution >= 0.6 is 0 Å². The van der Waals surface area contributed by atoms with E-state index in [0.29, 0.717) is 5.82 Å². The lowest BCUT2D eigenvalue weighted by atomic mass is 10.4. The number of likely N-dealkylation sites (N-methyl/N-ethyl adjacent to an activating group) is 1. The maximum Gasteiger partial charge on any atom is 0.149 e. The molecule has 78 valence electrons. The number of quaternary nitrogens is 1. The molecular formula is C8H13N4O2-. The zero-order valence-corrected chi connectivity index (χ0v) is 7.91. The Kier molecular flexibility index (Phi) is 4.27. The van der Waals surface area contributed by atoms with Crippen LogP contribution in [0.25, 0.3) is 0 Å². The van der Waals surface area contributed by atoms with Gasteiger partial charge in [-0.1, -0.05) is 0 Å². The van der Waals surface area contributed by atoms with E-state index in [1.807, 2.05) is 7.05 Å². The van der Waals surface area contributed by atoms with Crippen molar-refractivity contribution in [1.29, 1.82) is 0 Å². The van der Waals surface area contributed by atoms with Crippen molar-refractivity contribution in [1.82, 2.24) is 10.3 Å². The molecule has 0 saturated heterocycles. The largest absolute Gasteiger partial charge is 0.628 e. The van der Waals surface area contributed by atoms with Gasteiger partial charge < -0.3 is 26.3 Å². The van der Waals surface area contributed by atoms with Crippen molar-refractivity contribution in [3.05, 3.63) is 28.7 Å². The van der Waals surface area contributed by atoms with Crippen molar-refractivity contribution < 1.29 is 5.23 Å². The van der Waals surface area contributed by atoms with E-state index in [4.69, 9.17) is 0 Å². The SMILES string of the molecule is CNCCNc1ccc([NH+]([O-])[O-])cn1. The molecule has 1 aromatic rings. The highest BCUT2D eigenvalue weighted by Gasteiger charge is 1.96. The highest BCUT2D eigenvalue weighted by molar-refractivity contribution is 5.39. The minimum absolute atomic E-state index is 0.0872. The first-order chi connectivity index (χ1) is 6.74. The van der Waals surface area contributed by atoms with E-state index < -0.39 is 5.23 Å². The summed E-state index contributed by atoms with van der Waals surface area (Å²) in [5, 5.41) is 25.6. The van der Waals surface area contributed by atoms with Crippen LogP contribution in [-0.4, -0.2) is 25.1 Å². The van der Waals surface area contributed by atoms with Crippen LogP contribution in [0.2, 0.25) is 0 Å². The molecule has 14 heavy (non-hydrogen) atoms. The Morgan fingerprint density at radius 1 is 1.36 bits per heavy atom. The van der Waals surface area contributed by atoms with Crippen LogP contribution in [-0.2, 0) is 0 Å². The quantitative estimate of drug-likeness (QED) is 0.426. The molecule has 0 aliphatic rings. The van der Waals surface area contributed by atoms with Crippen molar-refractivity contribution in [2.75, 3.05) is 25.5 Å². The fraction of sp³-hybridized carbons (Fsp3) is 0.375. The highest BCUT2D eigenvalue weighted by Crippen LogP contribution is 2.04. The molecule has 1 aromatic heterocycles. The molecule has 3 N–H and O–H groups in total. The summed E-state index contributed by atoms with van der Waals surface area (Å²) >= 11 is 0. The van der Waals surface area contributed by atoms with Crippen molar-refractivity contribution in [3.63, 3.8) is 0 Å². The summed E-state index contributed by atoms with van der Waals surface area (Å²) in [6.07, 6.45) is 1.27. The molecule has 0 atom stereocenters. The minimum atomic E-state index is -1.21. The Balaban J connectivity index is 2.47. The molecule has 0 spiro atoms. The lowest BCUT2D eigenvalue weighted by molar-refractivity contribution is -0.715. The average Bonchev–Trinajstić information content (AvgIpc) is 2.19. The molecule has 6 nitrogen and oxygen atoms in total. The summed E-state index contributed by atoms with van der Waals surface area (Å²) in [6.45, 7) is 1.57. The van der Waals surface area contributed by atoms with Crippen molar-refractivity contribution in [2.45, 2.75) is 0 Å². The molecule has 0 aliphatic carbocycles.